The third-order valence-corrected chi connectivity index (χ3v) is 8.33. The summed E-state index contributed by atoms with van der Waals surface area (Å²) in [6, 6.07) is 10.9. The van der Waals surface area contributed by atoms with E-state index in [2.05, 4.69) is 5.32 Å². The molecule has 0 spiro atoms. The number of nitrogens with one attached hydrogen (secondary N) is 1. The van der Waals surface area contributed by atoms with Gasteiger partial charge < -0.3 is 14.8 Å². The van der Waals surface area contributed by atoms with Crippen molar-refractivity contribution >= 4 is 21.6 Å². The summed E-state index contributed by atoms with van der Waals surface area (Å²) in [5.74, 6) is 2.02. The lowest BCUT2D eigenvalue weighted by Gasteiger charge is -2.31. The van der Waals surface area contributed by atoms with Gasteiger partial charge in [-0.3, -0.25) is 4.79 Å². The number of anilines is 1. The predicted octanol–water partition coefficient (Wildman–Crippen LogP) is 3.62. The summed E-state index contributed by atoms with van der Waals surface area (Å²) in [5, 5.41) is 2.80. The van der Waals surface area contributed by atoms with E-state index in [1.54, 1.807) is 36.7 Å². The van der Waals surface area contributed by atoms with Crippen molar-refractivity contribution in [2.24, 2.45) is 5.92 Å². The van der Waals surface area contributed by atoms with Gasteiger partial charge in [-0.05, 0) is 79.5 Å². The highest BCUT2D eigenvalue weighted by Crippen LogP contribution is 2.31. The van der Waals surface area contributed by atoms with Gasteiger partial charge in [0.15, 0.2) is 0 Å². The molecule has 7 nitrogen and oxygen atoms in total. The van der Waals surface area contributed by atoms with E-state index in [0.717, 1.165) is 48.3 Å². The average molecular weight is 459 g/mol. The molecule has 1 fully saturated rings. The van der Waals surface area contributed by atoms with Crippen LogP contribution >= 0.6 is 0 Å². The van der Waals surface area contributed by atoms with Gasteiger partial charge in [0.2, 0.25) is 15.9 Å². The van der Waals surface area contributed by atoms with E-state index in [9.17, 15) is 13.2 Å². The molecule has 0 aromatic heterocycles. The number of sulfonamides is 1. The van der Waals surface area contributed by atoms with Crippen LogP contribution in [0.4, 0.5) is 5.69 Å². The van der Waals surface area contributed by atoms with E-state index in [1.165, 1.54) is 0 Å². The minimum atomic E-state index is -3.53. The summed E-state index contributed by atoms with van der Waals surface area (Å²) >= 11 is 0. The third-order valence-electron chi connectivity index (χ3n) is 6.44. The van der Waals surface area contributed by atoms with Crippen LogP contribution < -0.4 is 14.8 Å². The maximum absolute atomic E-state index is 13.2. The van der Waals surface area contributed by atoms with E-state index in [-0.39, 0.29) is 5.91 Å². The number of carbonyl (C=O) groups excluding carboxylic acids is 1. The summed E-state index contributed by atoms with van der Waals surface area (Å²) in [5.41, 5.74) is 2.76. The Labute approximate surface area is 189 Å². The van der Waals surface area contributed by atoms with Crippen LogP contribution in [0.25, 0.3) is 0 Å². The first kappa shape index (κ1) is 22.6. The SMILES string of the molecule is COc1cc(CCC2CCN(S(=O)(=O)c3ccc4c(c3)CCC(=O)N4)CC2)cc(OC)c1. The molecule has 1 saturated heterocycles. The Balaban J connectivity index is 1.36. The van der Waals surface area contributed by atoms with E-state index >= 15 is 0 Å². The van der Waals surface area contributed by atoms with E-state index in [0.29, 0.717) is 42.4 Å². The number of amides is 1. The van der Waals surface area contributed by atoms with Crippen LogP contribution in [0.5, 0.6) is 11.5 Å². The zero-order valence-corrected chi connectivity index (χ0v) is 19.4. The van der Waals surface area contributed by atoms with Crippen molar-refractivity contribution in [2.75, 3.05) is 32.6 Å². The van der Waals surface area contributed by atoms with Gasteiger partial charge in [-0.2, -0.15) is 4.31 Å². The van der Waals surface area contributed by atoms with Crippen molar-refractivity contribution in [3.63, 3.8) is 0 Å². The van der Waals surface area contributed by atoms with Gasteiger partial charge in [0.25, 0.3) is 0 Å². The number of benzene rings is 2. The number of methoxy groups -OCH3 is 2. The van der Waals surface area contributed by atoms with Gasteiger partial charge in [-0.15, -0.1) is 0 Å². The van der Waals surface area contributed by atoms with E-state index in [4.69, 9.17) is 9.47 Å². The molecule has 2 heterocycles. The lowest BCUT2D eigenvalue weighted by atomic mass is 9.91. The first-order valence-corrected chi connectivity index (χ1v) is 12.5. The van der Waals surface area contributed by atoms with Crippen molar-refractivity contribution in [3.05, 3.63) is 47.5 Å². The van der Waals surface area contributed by atoms with Crippen LogP contribution in [0.15, 0.2) is 41.3 Å². The highest BCUT2D eigenvalue weighted by atomic mass is 32.2. The summed E-state index contributed by atoms with van der Waals surface area (Å²) in [4.78, 5) is 11.9. The predicted molar refractivity (Wildman–Crippen MR) is 123 cm³/mol. The maximum Gasteiger partial charge on any atom is 0.243 e. The minimum Gasteiger partial charge on any atom is -0.497 e. The molecule has 172 valence electrons. The second-order valence-corrected chi connectivity index (χ2v) is 10.4. The summed E-state index contributed by atoms with van der Waals surface area (Å²) in [6.45, 7) is 1.06. The van der Waals surface area contributed by atoms with Crippen molar-refractivity contribution < 1.29 is 22.7 Å². The molecule has 1 amide bonds. The molecule has 0 radical (unpaired) electrons. The minimum absolute atomic E-state index is 0.0254. The molecular weight excluding hydrogens is 428 g/mol. The second-order valence-electron chi connectivity index (χ2n) is 8.47. The Morgan fingerprint density at radius 2 is 1.69 bits per heavy atom. The van der Waals surface area contributed by atoms with Crippen molar-refractivity contribution in [1.29, 1.82) is 0 Å². The van der Waals surface area contributed by atoms with Crippen LogP contribution in [-0.4, -0.2) is 45.9 Å². The molecule has 0 unspecified atom stereocenters. The topological polar surface area (TPSA) is 84.9 Å². The normalized spacial score (nSPS) is 17.5. The van der Waals surface area contributed by atoms with Gasteiger partial charge in [-0.1, -0.05) is 0 Å². The standard InChI is InChI=1S/C24H30N2O5S/c1-30-20-13-18(14-21(16-20)31-2)4-3-17-9-11-26(12-10-17)32(28,29)22-6-7-23-19(15-22)5-8-24(27)25-23/h6-7,13-17H,3-5,8-12H2,1-2H3,(H,25,27). The Hall–Kier alpha value is -2.58. The number of aryl methyl sites for hydroxylation is 2. The lowest BCUT2D eigenvalue weighted by Crippen LogP contribution is -2.38. The molecule has 0 bridgehead atoms. The lowest BCUT2D eigenvalue weighted by molar-refractivity contribution is -0.116. The van der Waals surface area contributed by atoms with Crippen molar-refractivity contribution in [1.82, 2.24) is 4.31 Å². The van der Waals surface area contributed by atoms with Crippen LogP contribution in [0.1, 0.15) is 36.8 Å². The van der Waals surface area contributed by atoms with Gasteiger partial charge in [-0.25, -0.2) is 8.42 Å². The van der Waals surface area contributed by atoms with Gasteiger partial charge in [0.1, 0.15) is 11.5 Å². The average Bonchev–Trinajstić information content (AvgIpc) is 2.82. The molecule has 2 aliphatic rings. The number of hydrogen-bond donors (Lipinski definition) is 1. The number of hydrogen-bond acceptors (Lipinski definition) is 5. The second kappa shape index (κ2) is 9.50. The van der Waals surface area contributed by atoms with Crippen LogP contribution in [0, 0.1) is 5.92 Å². The third kappa shape index (κ3) is 4.91. The Kier molecular flexibility index (Phi) is 6.71. The molecule has 4 rings (SSSR count). The fourth-order valence-corrected chi connectivity index (χ4v) is 6.01. The fraction of sp³-hybridized carbons (Fsp3) is 0.458. The Morgan fingerprint density at radius 3 is 2.34 bits per heavy atom. The number of ether oxygens (including phenoxy) is 2. The zero-order valence-electron chi connectivity index (χ0n) is 18.6. The molecule has 1 N–H and O–H groups in total. The molecule has 8 heteroatoms. The van der Waals surface area contributed by atoms with Crippen LogP contribution in [-0.2, 0) is 27.7 Å². The summed E-state index contributed by atoms with van der Waals surface area (Å²) in [7, 11) is -0.238. The highest BCUT2D eigenvalue weighted by Gasteiger charge is 2.30. The van der Waals surface area contributed by atoms with Crippen LogP contribution in [0.3, 0.4) is 0 Å². The fourth-order valence-electron chi connectivity index (χ4n) is 4.49. The number of carbonyl (C=O) groups is 1. The molecule has 32 heavy (non-hydrogen) atoms. The molecule has 2 aliphatic heterocycles. The van der Waals surface area contributed by atoms with E-state index in [1.807, 2.05) is 18.2 Å². The molecule has 0 aliphatic carbocycles. The van der Waals surface area contributed by atoms with Gasteiger partial charge in [0, 0.05) is 31.3 Å². The number of rotatable bonds is 7. The number of piperidine rings is 1. The molecule has 0 atom stereocenters. The van der Waals surface area contributed by atoms with Gasteiger partial charge >= 0.3 is 0 Å². The smallest absolute Gasteiger partial charge is 0.243 e. The van der Waals surface area contributed by atoms with Crippen molar-refractivity contribution in [2.45, 2.75) is 43.4 Å². The zero-order chi connectivity index (χ0) is 22.7. The van der Waals surface area contributed by atoms with Crippen LogP contribution in [0.2, 0.25) is 0 Å². The summed E-state index contributed by atoms with van der Waals surface area (Å²) < 4.78 is 38.6. The largest absolute Gasteiger partial charge is 0.497 e. The first-order chi connectivity index (χ1) is 15.4. The van der Waals surface area contributed by atoms with Crippen molar-refractivity contribution in [3.8, 4) is 11.5 Å². The quantitative estimate of drug-likeness (QED) is 0.685. The molecule has 2 aromatic rings. The molecule has 0 saturated carbocycles. The monoisotopic (exact) mass is 458 g/mol. The van der Waals surface area contributed by atoms with E-state index < -0.39 is 10.0 Å². The highest BCUT2D eigenvalue weighted by molar-refractivity contribution is 7.89. The first-order valence-electron chi connectivity index (χ1n) is 11.0. The summed E-state index contributed by atoms with van der Waals surface area (Å²) in [6.07, 6.45) is 4.57. The molecular formula is C24H30N2O5S. The van der Waals surface area contributed by atoms with Gasteiger partial charge in [0.05, 0.1) is 19.1 Å². The Bertz CT molecular complexity index is 1070. The maximum atomic E-state index is 13.2. The number of fused-ring (bicyclic) bond motifs is 1. The number of nitrogens with zero attached hydrogens (tertiary/aromatic N) is 1. The molecule has 2 aromatic carbocycles. The Morgan fingerprint density at radius 1 is 1.00 bits per heavy atom.